The number of pyridine rings is 2. The minimum atomic E-state index is -0.743. The number of aliphatic hydroxyl groups is 1. The highest BCUT2D eigenvalue weighted by molar-refractivity contribution is 6.34. The Balaban J connectivity index is 1.05. The van der Waals surface area contributed by atoms with Gasteiger partial charge in [-0.05, 0) is 103 Å². The molecule has 2 atom stereocenters. The topological polar surface area (TPSA) is 128 Å². The molecule has 0 aliphatic carbocycles. The highest BCUT2D eigenvalue weighted by Crippen LogP contribution is 2.38. The Labute approximate surface area is 300 Å². The van der Waals surface area contributed by atoms with E-state index < -0.39 is 5.97 Å². The SMILES string of the molecule is Cc1c(Nc2nccc3cc(CN4CC[C@@H](O)C4)cnc23)cccc1-c1cccc(-c2nc3cc(CN4CC[C@@H](C(=O)O)C4)cc(Cl)c3o2)c1C. The molecule has 2 fully saturated rings. The van der Waals surface area contributed by atoms with E-state index in [1.807, 2.05) is 42.6 Å². The van der Waals surface area contributed by atoms with Gasteiger partial charge in [0.2, 0.25) is 5.89 Å². The maximum Gasteiger partial charge on any atom is 0.307 e. The molecule has 3 aromatic carbocycles. The summed E-state index contributed by atoms with van der Waals surface area (Å²) in [5, 5.41) is 24.4. The van der Waals surface area contributed by atoms with Crippen LogP contribution in [0.1, 0.15) is 35.1 Å². The largest absolute Gasteiger partial charge is 0.481 e. The van der Waals surface area contributed by atoms with Gasteiger partial charge in [-0.15, -0.1) is 0 Å². The van der Waals surface area contributed by atoms with Crippen LogP contribution in [0.4, 0.5) is 11.5 Å². The second kappa shape index (κ2) is 13.7. The maximum absolute atomic E-state index is 11.4. The van der Waals surface area contributed by atoms with Crippen molar-refractivity contribution < 1.29 is 19.4 Å². The van der Waals surface area contributed by atoms with Crippen molar-refractivity contribution in [1.29, 1.82) is 0 Å². The Kier molecular flexibility index (Phi) is 8.93. The molecule has 6 aromatic rings. The predicted molar refractivity (Wildman–Crippen MR) is 199 cm³/mol. The zero-order valence-corrected chi connectivity index (χ0v) is 29.3. The number of anilines is 2. The third kappa shape index (κ3) is 6.68. The number of carboxylic acids is 1. The lowest BCUT2D eigenvalue weighted by atomic mass is 9.93. The van der Waals surface area contributed by atoms with Crippen molar-refractivity contribution in [2.24, 2.45) is 5.92 Å². The van der Waals surface area contributed by atoms with Crippen LogP contribution in [-0.4, -0.2) is 73.2 Å². The summed E-state index contributed by atoms with van der Waals surface area (Å²) in [5.74, 6) is 0.109. The van der Waals surface area contributed by atoms with Crippen LogP contribution in [0, 0.1) is 19.8 Å². The van der Waals surface area contributed by atoms with Gasteiger partial charge in [0, 0.05) is 61.8 Å². The van der Waals surface area contributed by atoms with Gasteiger partial charge in [0.1, 0.15) is 11.0 Å². The first-order valence-corrected chi connectivity index (χ1v) is 17.7. The van der Waals surface area contributed by atoms with Gasteiger partial charge in [0.05, 0.1) is 17.0 Å². The number of benzene rings is 3. The van der Waals surface area contributed by atoms with E-state index in [0.717, 1.165) is 81.6 Å². The molecule has 8 rings (SSSR count). The fourth-order valence-corrected chi connectivity index (χ4v) is 7.81. The van der Waals surface area contributed by atoms with E-state index in [4.69, 9.17) is 26.0 Å². The average molecular weight is 703 g/mol. The van der Waals surface area contributed by atoms with E-state index >= 15 is 0 Å². The molecular formula is C40H39ClN6O4. The van der Waals surface area contributed by atoms with Crippen molar-refractivity contribution in [2.75, 3.05) is 31.5 Å². The number of hydrogen-bond donors (Lipinski definition) is 3. The number of oxazole rings is 1. The summed E-state index contributed by atoms with van der Waals surface area (Å²) in [6.45, 7) is 8.40. The Morgan fingerprint density at radius 2 is 1.67 bits per heavy atom. The van der Waals surface area contributed by atoms with Crippen molar-refractivity contribution in [2.45, 2.75) is 45.9 Å². The molecule has 10 nitrogen and oxygen atoms in total. The van der Waals surface area contributed by atoms with E-state index in [2.05, 4.69) is 58.2 Å². The molecule has 3 aromatic heterocycles. The number of aromatic nitrogens is 3. The maximum atomic E-state index is 11.4. The summed E-state index contributed by atoms with van der Waals surface area (Å²) < 4.78 is 6.28. The fourth-order valence-electron chi connectivity index (χ4n) is 7.54. The van der Waals surface area contributed by atoms with Crippen molar-refractivity contribution in [3.8, 4) is 22.6 Å². The number of hydrogen-bond acceptors (Lipinski definition) is 9. The molecule has 0 spiro atoms. The highest BCUT2D eigenvalue weighted by Gasteiger charge is 2.28. The number of carbonyl (C=O) groups is 1. The zero-order chi connectivity index (χ0) is 35.2. The number of nitrogens with zero attached hydrogens (tertiary/aromatic N) is 5. The van der Waals surface area contributed by atoms with E-state index in [1.54, 1.807) is 6.20 Å². The summed E-state index contributed by atoms with van der Waals surface area (Å²) >= 11 is 6.71. The summed E-state index contributed by atoms with van der Waals surface area (Å²) in [4.78, 5) is 30.2. The zero-order valence-electron chi connectivity index (χ0n) is 28.6. The summed E-state index contributed by atoms with van der Waals surface area (Å²) in [7, 11) is 0. The number of aliphatic carboxylic acids is 1. The van der Waals surface area contributed by atoms with Crippen molar-refractivity contribution in [1.82, 2.24) is 24.8 Å². The number of β-amino-alcohol motifs (C(OH)–C–C–N with tert-alkyl or cyclic N) is 1. The van der Waals surface area contributed by atoms with Gasteiger partial charge >= 0.3 is 5.97 Å². The standard InChI is InChI=1S/C40H39ClN6O4/c1-23-30(5-3-7-32(23)39-45-35-17-25(16-33(41)37(35)51-39)19-46-13-10-28(21-46)40(49)50)31-6-4-8-34(24(31)2)44-38-36-27(9-12-42-38)15-26(18-43-36)20-47-14-11-29(48)22-47/h3-9,12,15-18,28-29,48H,10-11,13-14,19-22H2,1-2H3,(H,42,44)(H,49,50)/t28-,29-/m1/s1. The molecule has 2 aliphatic heterocycles. The Morgan fingerprint density at radius 1 is 0.922 bits per heavy atom. The number of likely N-dealkylation sites (tertiary alicyclic amines) is 2. The van der Waals surface area contributed by atoms with Crippen LogP contribution in [0.15, 0.2) is 77.5 Å². The fraction of sp³-hybridized carbons (Fsp3) is 0.300. The van der Waals surface area contributed by atoms with Gasteiger partial charge in [-0.1, -0.05) is 35.9 Å². The van der Waals surface area contributed by atoms with Crippen LogP contribution >= 0.6 is 11.6 Å². The molecule has 3 N–H and O–H groups in total. The second-order valence-electron chi connectivity index (χ2n) is 13.8. The molecule has 0 unspecified atom stereocenters. The summed E-state index contributed by atoms with van der Waals surface area (Å²) in [6, 6.07) is 20.4. The van der Waals surface area contributed by atoms with Gasteiger partial charge in [-0.2, -0.15) is 0 Å². The highest BCUT2D eigenvalue weighted by atomic mass is 35.5. The lowest BCUT2D eigenvalue weighted by Gasteiger charge is -2.17. The van der Waals surface area contributed by atoms with Gasteiger partial charge < -0.3 is 19.9 Å². The molecule has 11 heteroatoms. The quantitative estimate of drug-likeness (QED) is 0.139. The van der Waals surface area contributed by atoms with Gasteiger partial charge in [0.25, 0.3) is 0 Å². The Hall–Kier alpha value is -4.87. The molecule has 2 aliphatic rings. The van der Waals surface area contributed by atoms with Crippen molar-refractivity contribution in [3.05, 3.63) is 100 Å². The first-order valence-electron chi connectivity index (χ1n) is 17.4. The van der Waals surface area contributed by atoms with E-state index in [0.29, 0.717) is 53.9 Å². The third-order valence-corrected chi connectivity index (χ3v) is 10.6. The summed E-state index contributed by atoms with van der Waals surface area (Å²) in [5.41, 5.74) is 10.1. The second-order valence-corrected chi connectivity index (χ2v) is 14.2. The molecule has 0 amide bonds. The van der Waals surface area contributed by atoms with Gasteiger partial charge in [0.15, 0.2) is 11.4 Å². The number of rotatable bonds is 9. The van der Waals surface area contributed by atoms with Crippen LogP contribution < -0.4 is 5.32 Å². The van der Waals surface area contributed by atoms with Crippen LogP contribution in [0.5, 0.6) is 0 Å². The van der Waals surface area contributed by atoms with Gasteiger partial charge in [-0.3, -0.25) is 19.6 Å². The predicted octanol–water partition coefficient (Wildman–Crippen LogP) is 7.59. The number of carboxylic acid groups (broad SMARTS) is 1. The minimum Gasteiger partial charge on any atom is -0.481 e. The normalized spacial score (nSPS) is 18.3. The van der Waals surface area contributed by atoms with Gasteiger partial charge in [-0.25, -0.2) is 9.97 Å². The van der Waals surface area contributed by atoms with Crippen LogP contribution in [0.2, 0.25) is 5.02 Å². The van der Waals surface area contributed by atoms with E-state index in [1.165, 1.54) is 0 Å². The average Bonchev–Trinajstić information content (AvgIpc) is 3.86. The van der Waals surface area contributed by atoms with Crippen molar-refractivity contribution in [3.63, 3.8) is 0 Å². The van der Waals surface area contributed by atoms with Crippen molar-refractivity contribution >= 4 is 51.1 Å². The summed E-state index contributed by atoms with van der Waals surface area (Å²) in [6.07, 6.45) is 4.92. The monoisotopic (exact) mass is 702 g/mol. The third-order valence-electron chi connectivity index (χ3n) is 10.3. The molecule has 0 saturated carbocycles. The molecule has 260 valence electrons. The number of nitrogens with one attached hydrogen (secondary N) is 1. The van der Waals surface area contributed by atoms with Crippen LogP contribution in [0.25, 0.3) is 44.6 Å². The van der Waals surface area contributed by atoms with Crippen LogP contribution in [0.3, 0.4) is 0 Å². The van der Waals surface area contributed by atoms with Crippen LogP contribution in [-0.2, 0) is 17.9 Å². The lowest BCUT2D eigenvalue weighted by Crippen LogP contribution is -2.22. The molecular weight excluding hydrogens is 664 g/mol. The number of fused-ring (bicyclic) bond motifs is 2. The molecule has 0 bridgehead atoms. The molecule has 51 heavy (non-hydrogen) atoms. The Morgan fingerprint density at radius 3 is 2.45 bits per heavy atom. The number of aliphatic hydroxyl groups excluding tert-OH is 1. The minimum absolute atomic E-state index is 0.248. The smallest absolute Gasteiger partial charge is 0.307 e. The first kappa shape index (κ1) is 33.3. The molecule has 2 saturated heterocycles. The first-order chi connectivity index (χ1) is 24.7. The molecule has 0 radical (unpaired) electrons. The number of halogens is 1. The lowest BCUT2D eigenvalue weighted by molar-refractivity contribution is -0.141. The van der Waals surface area contributed by atoms with E-state index in [9.17, 15) is 15.0 Å². The van der Waals surface area contributed by atoms with E-state index in [-0.39, 0.29) is 12.0 Å². The Bertz CT molecular complexity index is 2290. The molecule has 5 heterocycles.